The number of benzene rings is 2. The zero-order valence-corrected chi connectivity index (χ0v) is 20.4. The molecule has 0 heterocycles. The lowest BCUT2D eigenvalue weighted by Crippen LogP contribution is -2.22. The molecule has 3 atom stereocenters. The molecule has 3 unspecified atom stereocenters. The molecule has 2 rings (SSSR count). The second-order valence-corrected chi connectivity index (χ2v) is 8.47. The molecule has 0 N–H and O–H groups in total. The number of carbonyl (C=O) groups excluding carboxylic acids is 1. The van der Waals surface area contributed by atoms with E-state index in [9.17, 15) is 4.79 Å². The van der Waals surface area contributed by atoms with Crippen molar-refractivity contribution in [1.29, 1.82) is 0 Å². The van der Waals surface area contributed by atoms with Gasteiger partial charge in [-0.15, -0.1) is 0 Å². The van der Waals surface area contributed by atoms with Crippen LogP contribution < -0.4 is 4.74 Å². The Balaban J connectivity index is 1.67. The van der Waals surface area contributed by atoms with E-state index in [0.29, 0.717) is 25.0 Å². The summed E-state index contributed by atoms with van der Waals surface area (Å²) in [6.07, 6.45) is 4.30. The number of hydrogen-bond acceptors (Lipinski definition) is 4. The van der Waals surface area contributed by atoms with Gasteiger partial charge in [-0.25, -0.2) is 0 Å². The largest absolute Gasteiger partial charge is 0.491 e. The first-order chi connectivity index (χ1) is 15.5. The molecule has 0 saturated heterocycles. The Labute approximate surface area is 194 Å². The normalized spacial score (nSPS) is 13.9. The molecule has 0 aliphatic carbocycles. The summed E-state index contributed by atoms with van der Waals surface area (Å²) in [6, 6.07) is 16.5. The minimum atomic E-state index is -0.604. The number of rotatable bonds is 14. The van der Waals surface area contributed by atoms with Gasteiger partial charge < -0.3 is 14.2 Å². The molecule has 4 nitrogen and oxygen atoms in total. The number of ether oxygens (including phenoxy) is 3. The third-order valence-electron chi connectivity index (χ3n) is 5.99. The van der Waals surface area contributed by atoms with Crippen LogP contribution >= 0.6 is 0 Å². The van der Waals surface area contributed by atoms with Gasteiger partial charge in [0.2, 0.25) is 0 Å². The molecule has 0 spiro atoms. The Hall–Kier alpha value is -2.33. The predicted octanol–water partition coefficient (Wildman–Crippen LogP) is 7.02. The number of carbonyl (C=O) groups is 1. The smallest absolute Gasteiger partial charge is 0.312 e. The van der Waals surface area contributed by atoms with Crippen molar-refractivity contribution in [1.82, 2.24) is 0 Å². The molecular formula is C28H40O4. The van der Waals surface area contributed by atoms with E-state index in [1.165, 1.54) is 24.0 Å². The Morgan fingerprint density at radius 1 is 0.844 bits per heavy atom. The molecule has 32 heavy (non-hydrogen) atoms. The van der Waals surface area contributed by atoms with Crippen LogP contribution in [-0.2, 0) is 20.7 Å². The lowest BCUT2D eigenvalue weighted by atomic mass is 9.92. The topological polar surface area (TPSA) is 44.8 Å². The summed E-state index contributed by atoms with van der Waals surface area (Å²) in [5.74, 6) is 1.68. The summed E-state index contributed by atoms with van der Waals surface area (Å²) in [7, 11) is 0. The molecule has 0 amide bonds. The van der Waals surface area contributed by atoms with Crippen LogP contribution in [0.4, 0.5) is 0 Å². The first-order valence-corrected chi connectivity index (χ1v) is 12.1. The van der Waals surface area contributed by atoms with Crippen molar-refractivity contribution < 1.29 is 19.0 Å². The van der Waals surface area contributed by atoms with Crippen LogP contribution in [-0.4, -0.2) is 25.5 Å². The number of esters is 1. The molecule has 2 aromatic carbocycles. The van der Waals surface area contributed by atoms with Gasteiger partial charge in [-0.2, -0.15) is 0 Å². The van der Waals surface area contributed by atoms with Gasteiger partial charge in [0, 0.05) is 0 Å². The third kappa shape index (κ3) is 8.66. The van der Waals surface area contributed by atoms with E-state index in [2.05, 4.69) is 52.0 Å². The Bertz CT molecular complexity index is 782. The molecule has 0 fully saturated rings. The molecule has 4 heteroatoms. The minimum absolute atomic E-state index is 0.244. The second-order valence-electron chi connectivity index (χ2n) is 8.47. The molecule has 176 valence electrons. The molecular weight excluding hydrogens is 400 g/mol. The highest BCUT2D eigenvalue weighted by Gasteiger charge is 2.12. The van der Waals surface area contributed by atoms with Gasteiger partial charge in [-0.1, -0.05) is 70.5 Å². The fourth-order valence-corrected chi connectivity index (χ4v) is 3.79. The van der Waals surface area contributed by atoms with E-state index in [4.69, 9.17) is 14.2 Å². The lowest BCUT2D eigenvalue weighted by molar-refractivity contribution is -0.175. The Morgan fingerprint density at radius 2 is 1.50 bits per heavy atom. The van der Waals surface area contributed by atoms with Crippen LogP contribution in [0.1, 0.15) is 88.8 Å². The highest BCUT2D eigenvalue weighted by molar-refractivity contribution is 5.72. The first-order valence-electron chi connectivity index (χ1n) is 12.1. The van der Waals surface area contributed by atoms with Gasteiger partial charge in [-0.05, 0) is 66.8 Å². The fourth-order valence-electron chi connectivity index (χ4n) is 3.79. The SMILES string of the molecule is CCCC(CC)c1ccc(OCCOC(C)OC(=O)Cc2ccc(C(C)CC)cc2)cc1. The predicted molar refractivity (Wildman–Crippen MR) is 130 cm³/mol. The lowest BCUT2D eigenvalue weighted by Gasteiger charge is -2.16. The summed E-state index contributed by atoms with van der Waals surface area (Å²) < 4.78 is 16.7. The van der Waals surface area contributed by atoms with Crippen molar-refractivity contribution in [2.75, 3.05) is 13.2 Å². The highest BCUT2D eigenvalue weighted by Crippen LogP contribution is 2.26. The number of hydrogen-bond donors (Lipinski definition) is 0. The minimum Gasteiger partial charge on any atom is -0.491 e. The summed E-state index contributed by atoms with van der Waals surface area (Å²) >= 11 is 0. The quantitative estimate of drug-likeness (QED) is 0.180. The van der Waals surface area contributed by atoms with Crippen LogP contribution in [0, 0.1) is 0 Å². The van der Waals surface area contributed by atoms with Crippen LogP contribution in [0.25, 0.3) is 0 Å². The summed E-state index contributed by atoms with van der Waals surface area (Å²) in [5, 5.41) is 0. The second kappa shape index (κ2) is 13.9. The summed E-state index contributed by atoms with van der Waals surface area (Å²) in [5.41, 5.74) is 3.61. The fraction of sp³-hybridized carbons (Fsp3) is 0.536. The van der Waals surface area contributed by atoms with Crippen molar-refractivity contribution in [2.24, 2.45) is 0 Å². The van der Waals surface area contributed by atoms with E-state index in [-0.39, 0.29) is 12.4 Å². The summed E-state index contributed by atoms with van der Waals surface area (Å²) in [6.45, 7) is 11.3. The zero-order chi connectivity index (χ0) is 23.3. The zero-order valence-electron chi connectivity index (χ0n) is 20.4. The van der Waals surface area contributed by atoms with Crippen LogP contribution in [0.3, 0.4) is 0 Å². The molecule has 0 aliphatic rings. The van der Waals surface area contributed by atoms with Crippen molar-refractivity contribution in [2.45, 2.75) is 84.8 Å². The molecule has 0 radical (unpaired) electrons. The standard InChI is InChI=1S/C28H40O4/c1-6-9-24(8-3)26-14-16-27(17-15-26)31-19-18-30-22(5)32-28(29)20-23-10-12-25(13-11-23)21(4)7-2/h10-17,21-22,24H,6-9,18-20H2,1-5H3. The monoisotopic (exact) mass is 440 g/mol. The van der Waals surface area contributed by atoms with Crippen LogP contribution in [0.15, 0.2) is 48.5 Å². The van der Waals surface area contributed by atoms with E-state index in [1.807, 2.05) is 24.3 Å². The molecule has 2 aromatic rings. The average molecular weight is 441 g/mol. The van der Waals surface area contributed by atoms with E-state index < -0.39 is 6.29 Å². The molecule has 0 bridgehead atoms. The van der Waals surface area contributed by atoms with Gasteiger partial charge in [-0.3, -0.25) is 4.79 Å². The van der Waals surface area contributed by atoms with Gasteiger partial charge >= 0.3 is 5.97 Å². The Kier molecular flexibility index (Phi) is 11.3. The third-order valence-corrected chi connectivity index (χ3v) is 5.99. The van der Waals surface area contributed by atoms with Gasteiger partial charge in [0.05, 0.1) is 13.0 Å². The maximum Gasteiger partial charge on any atom is 0.312 e. The summed E-state index contributed by atoms with van der Waals surface area (Å²) in [4.78, 5) is 12.2. The molecule has 0 saturated carbocycles. The van der Waals surface area contributed by atoms with Gasteiger partial charge in [0.25, 0.3) is 0 Å². The first kappa shape index (κ1) is 25.9. The van der Waals surface area contributed by atoms with E-state index in [0.717, 1.165) is 24.2 Å². The average Bonchev–Trinajstić information content (AvgIpc) is 2.80. The van der Waals surface area contributed by atoms with Crippen molar-refractivity contribution in [3.05, 3.63) is 65.2 Å². The maximum absolute atomic E-state index is 12.2. The van der Waals surface area contributed by atoms with Crippen LogP contribution in [0.2, 0.25) is 0 Å². The van der Waals surface area contributed by atoms with Crippen molar-refractivity contribution >= 4 is 5.97 Å². The van der Waals surface area contributed by atoms with Gasteiger partial charge in [0.15, 0.2) is 6.29 Å². The molecule has 0 aromatic heterocycles. The van der Waals surface area contributed by atoms with Crippen molar-refractivity contribution in [3.63, 3.8) is 0 Å². The molecule has 0 aliphatic heterocycles. The highest BCUT2D eigenvalue weighted by atomic mass is 16.7. The van der Waals surface area contributed by atoms with E-state index >= 15 is 0 Å². The van der Waals surface area contributed by atoms with Crippen molar-refractivity contribution in [3.8, 4) is 5.75 Å². The van der Waals surface area contributed by atoms with Gasteiger partial charge in [0.1, 0.15) is 12.4 Å². The van der Waals surface area contributed by atoms with E-state index in [1.54, 1.807) is 6.92 Å². The maximum atomic E-state index is 12.2. The Morgan fingerprint density at radius 3 is 2.09 bits per heavy atom. The van der Waals surface area contributed by atoms with Crippen LogP contribution in [0.5, 0.6) is 5.75 Å².